The van der Waals surface area contributed by atoms with E-state index < -0.39 is 6.04 Å². The van der Waals surface area contributed by atoms with E-state index in [0.29, 0.717) is 11.3 Å². The van der Waals surface area contributed by atoms with E-state index in [0.717, 1.165) is 5.56 Å². The number of carbonyl (C=O) groups excluding carboxylic acids is 1. The van der Waals surface area contributed by atoms with Crippen LogP contribution in [-0.2, 0) is 0 Å². The molecule has 0 saturated heterocycles. The van der Waals surface area contributed by atoms with Crippen molar-refractivity contribution >= 4 is 23.2 Å². The second-order valence-corrected chi connectivity index (χ2v) is 4.77. The Bertz CT molecular complexity index is 602. The van der Waals surface area contributed by atoms with Gasteiger partial charge in [0.15, 0.2) is 0 Å². The zero-order valence-electron chi connectivity index (χ0n) is 10.7. The van der Waals surface area contributed by atoms with Gasteiger partial charge in [-0.05, 0) is 23.8 Å². The predicted octanol–water partition coefficient (Wildman–Crippen LogP) is 2.39. The highest BCUT2D eigenvalue weighted by molar-refractivity contribution is 6.34. The van der Waals surface area contributed by atoms with Gasteiger partial charge in [0.25, 0.3) is 5.91 Å². The average molecular weight is 291 g/mol. The Labute approximate surface area is 122 Å². The number of benzene rings is 2. The average Bonchev–Trinajstić information content (AvgIpc) is 2.45. The molecule has 2 rings (SSSR count). The number of nitrogens with two attached hydrogens (primary N) is 1. The summed E-state index contributed by atoms with van der Waals surface area (Å²) in [5.74, 6) is -0.349. The van der Waals surface area contributed by atoms with Crippen molar-refractivity contribution in [2.75, 3.05) is 12.3 Å². The second kappa shape index (κ2) is 6.41. The lowest BCUT2D eigenvalue weighted by molar-refractivity contribution is 0.0916. The minimum atomic E-state index is -0.475. The van der Waals surface area contributed by atoms with Crippen molar-refractivity contribution in [1.82, 2.24) is 5.32 Å². The summed E-state index contributed by atoms with van der Waals surface area (Å²) in [4.78, 5) is 12.2. The largest absolute Gasteiger partial charge is 0.399 e. The van der Waals surface area contributed by atoms with Gasteiger partial charge in [0, 0.05) is 5.69 Å². The van der Waals surface area contributed by atoms with Gasteiger partial charge in [-0.2, -0.15) is 0 Å². The Hall–Kier alpha value is -2.04. The lowest BCUT2D eigenvalue weighted by Gasteiger charge is -2.17. The Morgan fingerprint density at radius 1 is 1.25 bits per heavy atom. The quantitative estimate of drug-likeness (QED) is 0.757. The number of hydrogen-bond donors (Lipinski definition) is 3. The van der Waals surface area contributed by atoms with Crippen molar-refractivity contribution in [2.45, 2.75) is 6.04 Å². The first-order valence-electron chi connectivity index (χ1n) is 6.13. The summed E-state index contributed by atoms with van der Waals surface area (Å²) in [6, 6.07) is 13.5. The molecule has 104 valence electrons. The van der Waals surface area contributed by atoms with Gasteiger partial charge in [-0.1, -0.05) is 41.9 Å². The molecule has 0 unspecified atom stereocenters. The molecule has 5 heteroatoms. The maximum atomic E-state index is 12.2. The van der Waals surface area contributed by atoms with Gasteiger partial charge in [0.05, 0.1) is 23.2 Å². The minimum absolute atomic E-state index is 0.192. The number of halogens is 1. The third-order valence-corrected chi connectivity index (χ3v) is 3.24. The van der Waals surface area contributed by atoms with Gasteiger partial charge in [-0.25, -0.2) is 0 Å². The first kappa shape index (κ1) is 14.4. The molecule has 1 atom stereocenters. The van der Waals surface area contributed by atoms with Crippen LogP contribution in [0, 0.1) is 0 Å². The van der Waals surface area contributed by atoms with Crippen LogP contribution in [0.15, 0.2) is 48.5 Å². The zero-order valence-corrected chi connectivity index (χ0v) is 11.5. The van der Waals surface area contributed by atoms with E-state index in [9.17, 15) is 9.90 Å². The Morgan fingerprint density at radius 3 is 2.55 bits per heavy atom. The molecule has 0 saturated carbocycles. The molecule has 0 aliphatic heterocycles. The monoisotopic (exact) mass is 290 g/mol. The number of rotatable bonds is 4. The normalized spacial score (nSPS) is 11.9. The number of aliphatic hydroxyl groups is 1. The lowest BCUT2D eigenvalue weighted by Crippen LogP contribution is -2.31. The Balaban J connectivity index is 2.17. The van der Waals surface area contributed by atoms with E-state index in [1.165, 1.54) is 6.07 Å². The van der Waals surface area contributed by atoms with Gasteiger partial charge in [0.2, 0.25) is 0 Å². The summed E-state index contributed by atoms with van der Waals surface area (Å²) in [5.41, 5.74) is 7.24. The van der Waals surface area contributed by atoms with Crippen molar-refractivity contribution < 1.29 is 9.90 Å². The third-order valence-electron chi connectivity index (χ3n) is 2.93. The van der Waals surface area contributed by atoms with E-state index >= 15 is 0 Å². The van der Waals surface area contributed by atoms with Crippen LogP contribution in [0.1, 0.15) is 22.0 Å². The van der Waals surface area contributed by atoms with Crippen molar-refractivity contribution in [3.63, 3.8) is 0 Å². The third kappa shape index (κ3) is 3.29. The van der Waals surface area contributed by atoms with E-state index in [2.05, 4.69) is 5.32 Å². The van der Waals surface area contributed by atoms with Gasteiger partial charge < -0.3 is 16.2 Å². The highest BCUT2D eigenvalue weighted by Gasteiger charge is 2.16. The maximum absolute atomic E-state index is 12.2. The number of nitrogens with one attached hydrogen (secondary N) is 1. The van der Waals surface area contributed by atoms with E-state index in [1.54, 1.807) is 12.1 Å². The maximum Gasteiger partial charge on any atom is 0.253 e. The van der Waals surface area contributed by atoms with E-state index in [-0.39, 0.29) is 17.5 Å². The summed E-state index contributed by atoms with van der Waals surface area (Å²) in [6.45, 7) is -0.192. The van der Waals surface area contributed by atoms with Gasteiger partial charge in [-0.15, -0.1) is 0 Å². The number of nitrogen functional groups attached to an aromatic ring is 1. The molecule has 2 aromatic carbocycles. The molecule has 0 heterocycles. The van der Waals surface area contributed by atoms with E-state index in [1.807, 2.05) is 30.3 Å². The molecule has 1 amide bonds. The van der Waals surface area contributed by atoms with Crippen LogP contribution in [0.25, 0.3) is 0 Å². The van der Waals surface area contributed by atoms with Crippen LogP contribution in [-0.4, -0.2) is 17.6 Å². The fraction of sp³-hybridized carbons (Fsp3) is 0.133. The lowest BCUT2D eigenvalue weighted by atomic mass is 10.1. The standard InChI is InChI=1S/C15H15ClN2O2/c16-13-8-11(17)6-7-12(13)15(20)18-14(9-19)10-4-2-1-3-5-10/h1-8,14,19H,9,17H2,(H,18,20)/t14-/m0/s1. The number of amides is 1. The molecule has 0 aliphatic rings. The summed E-state index contributed by atoms with van der Waals surface area (Å²) in [7, 11) is 0. The highest BCUT2D eigenvalue weighted by Crippen LogP contribution is 2.20. The first-order valence-corrected chi connectivity index (χ1v) is 6.51. The molecule has 0 spiro atoms. The highest BCUT2D eigenvalue weighted by atomic mass is 35.5. The number of anilines is 1. The van der Waals surface area contributed by atoms with Crippen LogP contribution < -0.4 is 11.1 Å². The molecule has 2 aromatic rings. The molecule has 0 aliphatic carbocycles. The Morgan fingerprint density at radius 2 is 1.95 bits per heavy atom. The van der Waals surface area contributed by atoms with Crippen LogP contribution in [0.5, 0.6) is 0 Å². The first-order chi connectivity index (χ1) is 9.61. The van der Waals surface area contributed by atoms with Crippen LogP contribution in [0.3, 0.4) is 0 Å². The zero-order chi connectivity index (χ0) is 14.5. The topological polar surface area (TPSA) is 75.4 Å². The fourth-order valence-corrected chi connectivity index (χ4v) is 2.15. The van der Waals surface area contributed by atoms with E-state index in [4.69, 9.17) is 17.3 Å². The van der Waals surface area contributed by atoms with Crippen molar-refractivity contribution in [3.05, 3.63) is 64.7 Å². The smallest absolute Gasteiger partial charge is 0.253 e. The fourth-order valence-electron chi connectivity index (χ4n) is 1.87. The summed E-state index contributed by atoms with van der Waals surface area (Å²) in [6.07, 6.45) is 0. The van der Waals surface area contributed by atoms with Crippen LogP contribution >= 0.6 is 11.6 Å². The second-order valence-electron chi connectivity index (χ2n) is 4.36. The predicted molar refractivity (Wildman–Crippen MR) is 79.6 cm³/mol. The summed E-state index contributed by atoms with van der Waals surface area (Å²) in [5, 5.41) is 12.5. The number of aliphatic hydroxyl groups excluding tert-OH is 1. The van der Waals surface area contributed by atoms with Crippen molar-refractivity contribution in [1.29, 1.82) is 0 Å². The molecule has 0 aromatic heterocycles. The van der Waals surface area contributed by atoms with Crippen LogP contribution in [0.4, 0.5) is 5.69 Å². The molecule has 4 N–H and O–H groups in total. The minimum Gasteiger partial charge on any atom is -0.399 e. The molecule has 0 bridgehead atoms. The number of hydrogen-bond acceptors (Lipinski definition) is 3. The van der Waals surface area contributed by atoms with Gasteiger partial charge in [0.1, 0.15) is 0 Å². The Kier molecular flexibility index (Phi) is 4.61. The molecule has 4 nitrogen and oxygen atoms in total. The van der Waals surface area contributed by atoms with Crippen LogP contribution in [0.2, 0.25) is 5.02 Å². The molecular weight excluding hydrogens is 276 g/mol. The van der Waals surface area contributed by atoms with Crippen molar-refractivity contribution in [3.8, 4) is 0 Å². The summed E-state index contributed by atoms with van der Waals surface area (Å²) < 4.78 is 0. The van der Waals surface area contributed by atoms with Crippen molar-refractivity contribution in [2.24, 2.45) is 0 Å². The van der Waals surface area contributed by atoms with Gasteiger partial charge in [-0.3, -0.25) is 4.79 Å². The molecule has 0 radical (unpaired) electrons. The molecular formula is C15H15ClN2O2. The molecule has 0 fully saturated rings. The SMILES string of the molecule is Nc1ccc(C(=O)N[C@@H](CO)c2ccccc2)c(Cl)c1. The summed E-state index contributed by atoms with van der Waals surface area (Å²) >= 11 is 5.99. The van der Waals surface area contributed by atoms with Gasteiger partial charge >= 0.3 is 0 Å². The molecule has 20 heavy (non-hydrogen) atoms. The number of carbonyl (C=O) groups is 1.